The van der Waals surface area contributed by atoms with Gasteiger partial charge in [0.25, 0.3) is 0 Å². The molecular formula is C18H18O2S. The first-order valence-electron chi connectivity index (χ1n) is 7.37. The molecule has 2 aliphatic rings. The van der Waals surface area contributed by atoms with Gasteiger partial charge in [-0.15, -0.1) is 11.8 Å². The van der Waals surface area contributed by atoms with E-state index in [2.05, 4.69) is 42.5 Å². The molecule has 1 fully saturated rings. The lowest BCUT2D eigenvalue weighted by molar-refractivity contribution is 0.268. The van der Waals surface area contributed by atoms with E-state index in [1.54, 1.807) is 7.11 Å². The Kier molecular flexibility index (Phi) is 3.30. The Hall–Kier alpha value is -1.61. The summed E-state index contributed by atoms with van der Waals surface area (Å²) in [4.78, 5) is 1.16. The molecule has 0 unspecified atom stereocenters. The summed E-state index contributed by atoms with van der Waals surface area (Å²) in [5, 5.41) is 0. The summed E-state index contributed by atoms with van der Waals surface area (Å²) in [6, 6.07) is 14.8. The maximum Gasteiger partial charge on any atom is 0.140 e. The molecule has 2 aromatic rings. The minimum absolute atomic E-state index is 0.718. The highest BCUT2D eigenvalue weighted by atomic mass is 32.2. The van der Waals surface area contributed by atoms with Crippen molar-refractivity contribution in [2.24, 2.45) is 5.92 Å². The van der Waals surface area contributed by atoms with Gasteiger partial charge in [0.2, 0.25) is 0 Å². The second kappa shape index (κ2) is 5.30. The van der Waals surface area contributed by atoms with Crippen LogP contribution in [0.25, 0.3) is 0 Å². The zero-order chi connectivity index (χ0) is 14.2. The molecule has 2 nitrogen and oxygen atoms in total. The van der Waals surface area contributed by atoms with Crippen LogP contribution in [-0.4, -0.2) is 13.7 Å². The number of hydrogen-bond donors (Lipinski definition) is 0. The van der Waals surface area contributed by atoms with Crippen molar-refractivity contribution in [2.75, 3.05) is 13.7 Å². The third-order valence-corrected chi connectivity index (χ3v) is 5.47. The molecule has 0 amide bonds. The van der Waals surface area contributed by atoms with Crippen LogP contribution in [0, 0.1) is 5.92 Å². The smallest absolute Gasteiger partial charge is 0.140 e. The van der Waals surface area contributed by atoms with E-state index in [-0.39, 0.29) is 0 Å². The van der Waals surface area contributed by atoms with E-state index in [1.807, 2.05) is 11.8 Å². The first kappa shape index (κ1) is 13.1. The summed E-state index contributed by atoms with van der Waals surface area (Å²) in [6.07, 6.45) is 1.28. The lowest BCUT2D eigenvalue weighted by Crippen LogP contribution is -2.09. The van der Waals surface area contributed by atoms with Gasteiger partial charge in [-0.2, -0.15) is 0 Å². The largest absolute Gasteiger partial charge is 0.495 e. The number of benzene rings is 2. The third kappa shape index (κ3) is 2.40. The highest BCUT2D eigenvalue weighted by Crippen LogP contribution is 2.57. The summed E-state index contributed by atoms with van der Waals surface area (Å²) < 4.78 is 11.6. The van der Waals surface area contributed by atoms with Crippen molar-refractivity contribution < 1.29 is 9.47 Å². The van der Waals surface area contributed by atoms with Crippen LogP contribution >= 0.6 is 11.8 Å². The minimum atomic E-state index is 0.718. The van der Waals surface area contributed by atoms with Crippen LogP contribution < -0.4 is 9.47 Å². The number of thioether (sulfide) groups is 1. The maximum atomic E-state index is 6.04. The number of methoxy groups -OCH3 is 1. The van der Waals surface area contributed by atoms with Crippen molar-refractivity contribution in [3.8, 4) is 11.5 Å². The van der Waals surface area contributed by atoms with Gasteiger partial charge in [0.05, 0.1) is 18.6 Å². The predicted molar refractivity (Wildman–Crippen MR) is 85.3 cm³/mol. The molecule has 1 saturated carbocycles. The van der Waals surface area contributed by atoms with Crippen LogP contribution in [0.1, 0.15) is 23.5 Å². The molecule has 3 heteroatoms. The van der Waals surface area contributed by atoms with E-state index in [4.69, 9.17) is 9.47 Å². The third-order valence-electron chi connectivity index (χ3n) is 4.32. The molecule has 0 saturated heterocycles. The van der Waals surface area contributed by atoms with Gasteiger partial charge in [-0.05, 0) is 29.5 Å². The average molecular weight is 298 g/mol. The van der Waals surface area contributed by atoms with Crippen molar-refractivity contribution in [2.45, 2.75) is 23.0 Å². The van der Waals surface area contributed by atoms with Crippen LogP contribution in [0.15, 0.2) is 47.4 Å². The first-order valence-corrected chi connectivity index (χ1v) is 8.36. The Labute approximate surface area is 129 Å². The Morgan fingerprint density at radius 3 is 2.86 bits per heavy atom. The maximum absolute atomic E-state index is 6.04. The van der Waals surface area contributed by atoms with Crippen LogP contribution in [0.4, 0.5) is 0 Å². The van der Waals surface area contributed by atoms with Crippen molar-refractivity contribution in [3.63, 3.8) is 0 Å². The van der Waals surface area contributed by atoms with E-state index < -0.39 is 0 Å². The van der Waals surface area contributed by atoms with E-state index in [0.717, 1.165) is 40.6 Å². The normalized spacial score (nSPS) is 22.0. The van der Waals surface area contributed by atoms with Gasteiger partial charge >= 0.3 is 0 Å². The Morgan fingerprint density at radius 1 is 1.19 bits per heavy atom. The molecule has 0 aromatic heterocycles. The molecule has 0 N–H and O–H groups in total. The molecule has 2 atom stereocenters. The monoisotopic (exact) mass is 298 g/mol. The van der Waals surface area contributed by atoms with Crippen LogP contribution in [0.3, 0.4) is 0 Å². The van der Waals surface area contributed by atoms with Gasteiger partial charge in [0.1, 0.15) is 11.5 Å². The van der Waals surface area contributed by atoms with Crippen molar-refractivity contribution in [3.05, 3.63) is 53.6 Å². The molecule has 1 heterocycles. The average Bonchev–Trinajstić information content (AvgIpc) is 3.33. The van der Waals surface area contributed by atoms with E-state index in [9.17, 15) is 0 Å². The fourth-order valence-corrected chi connectivity index (χ4v) is 4.14. The van der Waals surface area contributed by atoms with Gasteiger partial charge in [0, 0.05) is 11.7 Å². The topological polar surface area (TPSA) is 18.5 Å². The Balaban J connectivity index is 1.65. The van der Waals surface area contributed by atoms with Gasteiger partial charge in [-0.1, -0.05) is 36.4 Å². The summed E-state index contributed by atoms with van der Waals surface area (Å²) in [5.74, 6) is 4.39. The summed E-state index contributed by atoms with van der Waals surface area (Å²) >= 11 is 1.81. The summed E-state index contributed by atoms with van der Waals surface area (Å²) in [5.41, 5.74) is 2.70. The summed E-state index contributed by atoms with van der Waals surface area (Å²) in [6.45, 7) is 0.865. The van der Waals surface area contributed by atoms with Crippen molar-refractivity contribution in [1.82, 2.24) is 0 Å². The highest BCUT2D eigenvalue weighted by Gasteiger charge is 2.44. The fraction of sp³-hybridized carbons (Fsp3) is 0.333. The molecule has 0 radical (unpaired) electrons. The van der Waals surface area contributed by atoms with Crippen LogP contribution in [0.5, 0.6) is 11.5 Å². The summed E-state index contributed by atoms with van der Waals surface area (Å²) in [7, 11) is 1.73. The van der Waals surface area contributed by atoms with E-state index in [1.165, 1.54) is 17.5 Å². The van der Waals surface area contributed by atoms with Gasteiger partial charge in [-0.3, -0.25) is 0 Å². The van der Waals surface area contributed by atoms with Gasteiger partial charge < -0.3 is 9.47 Å². The fourth-order valence-electron chi connectivity index (χ4n) is 3.03. The Morgan fingerprint density at radius 2 is 2.05 bits per heavy atom. The molecular weight excluding hydrogens is 280 g/mol. The zero-order valence-corrected chi connectivity index (χ0v) is 12.9. The minimum Gasteiger partial charge on any atom is -0.495 e. The molecule has 1 aliphatic heterocycles. The predicted octanol–water partition coefficient (Wildman–Crippen LogP) is 4.48. The van der Waals surface area contributed by atoms with Gasteiger partial charge in [-0.25, -0.2) is 0 Å². The lowest BCUT2D eigenvalue weighted by Gasteiger charge is -2.21. The zero-order valence-electron chi connectivity index (χ0n) is 12.0. The second-order valence-electron chi connectivity index (χ2n) is 5.70. The van der Waals surface area contributed by atoms with Gasteiger partial charge in [0.15, 0.2) is 0 Å². The molecule has 1 aliphatic carbocycles. The van der Waals surface area contributed by atoms with Crippen LogP contribution in [-0.2, 0) is 5.75 Å². The molecule has 108 valence electrons. The second-order valence-corrected chi connectivity index (χ2v) is 6.69. The highest BCUT2D eigenvalue weighted by molar-refractivity contribution is 7.98. The number of hydrogen-bond acceptors (Lipinski definition) is 3. The standard InChI is InChI=1S/C18H18O2S/c1-19-16-8-7-14-15-9-13(15)10-20-17(14)18(16)21-11-12-5-3-2-4-6-12/h2-8,13,15H,9-11H2,1H3/t13-,15-/m0/s1. The SMILES string of the molecule is COc1ccc2c(c1SCc1ccccc1)OC[C@@H]1C[C@H]21. The van der Waals surface area contributed by atoms with Crippen molar-refractivity contribution >= 4 is 11.8 Å². The first-order chi connectivity index (χ1) is 10.4. The number of rotatable bonds is 4. The number of ether oxygens (including phenoxy) is 2. The van der Waals surface area contributed by atoms with E-state index in [0.29, 0.717) is 0 Å². The molecule has 2 aromatic carbocycles. The molecule has 4 rings (SSSR count). The van der Waals surface area contributed by atoms with Crippen LogP contribution in [0.2, 0.25) is 0 Å². The van der Waals surface area contributed by atoms with Crippen molar-refractivity contribution in [1.29, 1.82) is 0 Å². The molecule has 0 bridgehead atoms. The van der Waals surface area contributed by atoms with E-state index >= 15 is 0 Å². The Bertz CT molecular complexity index is 654. The quantitative estimate of drug-likeness (QED) is 0.775. The molecule has 21 heavy (non-hydrogen) atoms. The molecule has 0 spiro atoms. The lowest BCUT2D eigenvalue weighted by atomic mass is 10.1. The number of fused-ring (bicyclic) bond motifs is 3.